The first-order valence-corrected chi connectivity index (χ1v) is 6.33. The summed E-state index contributed by atoms with van der Waals surface area (Å²) in [5.74, 6) is -0.541. The molecular formula is C15H11F3N4O. The van der Waals surface area contributed by atoms with Crippen LogP contribution >= 0.6 is 0 Å². The van der Waals surface area contributed by atoms with E-state index in [-0.39, 0.29) is 11.4 Å². The number of Topliss-reactive ketones (excluding diaryl/α,β-unsaturated/α-hetero) is 1. The van der Waals surface area contributed by atoms with Crippen LogP contribution in [0.4, 0.5) is 18.9 Å². The summed E-state index contributed by atoms with van der Waals surface area (Å²) in [5, 5.41) is 12.6. The van der Waals surface area contributed by atoms with Crippen LogP contribution in [0.2, 0.25) is 0 Å². The Morgan fingerprint density at radius 1 is 1.35 bits per heavy atom. The Balaban J connectivity index is 2.66. The maximum Gasteiger partial charge on any atom is 0.418 e. The third kappa shape index (κ3) is 2.94. The fraction of sp³-hybridized carbons (Fsp3) is 0.133. The number of hydrogen-bond acceptors (Lipinski definition) is 4. The third-order valence-corrected chi connectivity index (χ3v) is 3.12. The number of benzene rings is 1. The summed E-state index contributed by atoms with van der Waals surface area (Å²) in [4.78, 5) is 11.8. The van der Waals surface area contributed by atoms with Gasteiger partial charge in [-0.05, 0) is 24.3 Å². The molecule has 23 heavy (non-hydrogen) atoms. The summed E-state index contributed by atoms with van der Waals surface area (Å²) in [6, 6.07) is 7.73. The summed E-state index contributed by atoms with van der Waals surface area (Å²) in [6.45, 7) is 4.13. The molecule has 1 aromatic carbocycles. The van der Waals surface area contributed by atoms with Gasteiger partial charge in [0.05, 0.1) is 28.6 Å². The first kappa shape index (κ1) is 16.3. The standard InChI is InChI=1S/C15H11F3N4O/c1-8(15(16,17)18)13-12(20)14(9(2)23)22(21-13)11-5-3-10(7-19)4-6-11/h3-6H,1,20H2,2H3. The van der Waals surface area contributed by atoms with E-state index in [1.54, 1.807) is 0 Å². The molecule has 0 aliphatic heterocycles. The van der Waals surface area contributed by atoms with Crippen LogP contribution in [0.15, 0.2) is 30.8 Å². The lowest BCUT2D eigenvalue weighted by Gasteiger charge is -2.07. The summed E-state index contributed by atoms with van der Waals surface area (Å²) in [7, 11) is 0. The van der Waals surface area contributed by atoms with Crippen molar-refractivity contribution in [1.29, 1.82) is 5.26 Å². The van der Waals surface area contributed by atoms with Crippen molar-refractivity contribution < 1.29 is 18.0 Å². The van der Waals surface area contributed by atoms with E-state index in [2.05, 4.69) is 11.7 Å². The second-order valence-electron chi connectivity index (χ2n) is 4.71. The average Bonchev–Trinajstić information content (AvgIpc) is 2.83. The maximum atomic E-state index is 12.8. The van der Waals surface area contributed by atoms with Gasteiger partial charge in [0.15, 0.2) is 5.78 Å². The maximum absolute atomic E-state index is 12.8. The highest BCUT2D eigenvalue weighted by molar-refractivity contribution is 6.00. The topological polar surface area (TPSA) is 84.7 Å². The Morgan fingerprint density at radius 2 is 1.91 bits per heavy atom. The van der Waals surface area contributed by atoms with Gasteiger partial charge in [0.2, 0.25) is 0 Å². The molecule has 0 unspecified atom stereocenters. The smallest absolute Gasteiger partial charge is 0.395 e. The summed E-state index contributed by atoms with van der Waals surface area (Å²) >= 11 is 0. The van der Waals surface area contributed by atoms with Crippen molar-refractivity contribution in [1.82, 2.24) is 9.78 Å². The lowest BCUT2D eigenvalue weighted by atomic mass is 10.1. The molecule has 2 aromatic rings. The van der Waals surface area contributed by atoms with E-state index in [1.807, 2.05) is 6.07 Å². The van der Waals surface area contributed by atoms with Crippen LogP contribution in [-0.4, -0.2) is 21.7 Å². The highest BCUT2D eigenvalue weighted by Crippen LogP contribution is 2.36. The molecule has 0 radical (unpaired) electrons. The number of alkyl halides is 3. The van der Waals surface area contributed by atoms with E-state index < -0.39 is 23.2 Å². The number of aromatic nitrogens is 2. The number of halogens is 3. The van der Waals surface area contributed by atoms with Crippen molar-refractivity contribution in [3.8, 4) is 11.8 Å². The number of ketones is 1. The molecule has 0 spiro atoms. The number of nitriles is 1. The Hall–Kier alpha value is -3.08. The molecule has 0 bridgehead atoms. The fourth-order valence-corrected chi connectivity index (χ4v) is 1.99. The van der Waals surface area contributed by atoms with E-state index in [4.69, 9.17) is 11.0 Å². The Labute approximate surface area is 129 Å². The van der Waals surface area contributed by atoms with Crippen LogP contribution in [0.3, 0.4) is 0 Å². The van der Waals surface area contributed by atoms with Gasteiger partial charge in [-0.25, -0.2) is 4.68 Å². The molecule has 118 valence electrons. The number of carbonyl (C=O) groups is 1. The number of carbonyl (C=O) groups excluding carboxylic acids is 1. The molecule has 2 rings (SSSR count). The van der Waals surface area contributed by atoms with Gasteiger partial charge in [-0.2, -0.15) is 23.5 Å². The van der Waals surface area contributed by atoms with E-state index in [0.717, 1.165) is 4.68 Å². The Morgan fingerprint density at radius 3 is 2.35 bits per heavy atom. The van der Waals surface area contributed by atoms with Crippen LogP contribution in [0, 0.1) is 11.3 Å². The molecule has 1 heterocycles. The largest absolute Gasteiger partial charge is 0.418 e. The highest BCUT2D eigenvalue weighted by Gasteiger charge is 2.37. The molecule has 0 amide bonds. The number of anilines is 1. The minimum atomic E-state index is -4.72. The monoisotopic (exact) mass is 320 g/mol. The second kappa shape index (κ2) is 5.61. The van der Waals surface area contributed by atoms with Crippen molar-refractivity contribution in [3.63, 3.8) is 0 Å². The number of nitrogens with two attached hydrogens (primary N) is 1. The van der Waals surface area contributed by atoms with Crippen molar-refractivity contribution in [2.45, 2.75) is 13.1 Å². The summed E-state index contributed by atoms with van der Waals surface area (Å²) in [6.07, 6.45) is -4.72. The molecule has 2 N–H and O–H groups in total. The van der Waals surface area contributed by atoms with Crippen molar-refractivity contribution in [2.75, 3.05) is 5.73 Å². The van der Waals surface area contributed by atoms with Crippen molar-refractivity contribution in [2.24, 2.45) is 0 Å². The zero-order chi connectivity index (χ0) is 17.4. The first-order chi connectivity index (χ1) is 10.7. The number of hydrogen-bond donors (Lipinski definition) is 1. The molecule has 0 aliphatic carbocycles. The SMILES string of the molecule is C=C(c1nn(-c2ccc(C#N)cc2)c(C(C)=O)c1N)C(F)(F)F. The minimum absolute atomic E-state index is 0.171. The van der Waals surface area contributed by atoms with Crippen LogP contribution in [-0.2, 0) is 0 Å². The average molecular weight is 320 g/mol. The van der Waals surface area contributed by atoms with Gasteiger partial charge < -0.3 is 5.73 Å². The van der Waals surface area contributed by atoms with Gasteiger partial charge in [0.1, 0.15) is 11.4 Å². The molecule has 0 saturated heterocycles. The molecule has 5 nitrogen and oxygen atoms in total. The predicted octanol–water partition coefficient (Wildman–Crippen LogP) is 3.10. The quantitative estimate of drug-likeness (QED) is 0.881. The number of rotatable bonds is 3. The molecule has 8 heteroatoms. The molecule has 0 aliphatic rings. The van der Waals surface area contributed by atoms with Crippen molar-refractivity contribution >= 4 is 17.0 Å². The minimum Gasteiger partial charge on any atom is -0.395 e. The summed E-state index contributed by atoms with van der Waals surface area (Å²) < 4.78 is 39.5. The second-order valence-corrected chi connectivity index (χ2v) is 4.71. The van der Waals surface area contributed by atoms with Crippen LogP contribution in [0.1, 0.15) is 28.7 Å². The molecule has 1 aromatic heterocycles. The van der Waals surface area contributed by atoms with E-state index in [1.165, 1.54) is 31.2 Å². The number of nitrogens with zero attached hydrogens (tertiary/aromatic N) is 3. The van der Waals surface area contributed by atoms with Gasteiger partial charge in [-0.1, -0.05) is 6.58 Å². The van der Waals surface area contributed by atoms with Gasteiger partial charge in [0.25, 0.3) is 0 Å². The van der Waals surface area contributed by atoms with E-state index in [0.29, 0.717) is 11.3 Å². The summed E-state index contributed by atoms with van der Waals surface area (Å²) in [5.41, 5.74) is 3.97. The molecule has 0 atom stereocenters. The zero-order valence-corrected chi connectivity index (χ0v) is 12.0. The van der Waals surface area contributed by atoms with Gasteiger partial charge in [-0.15, -0.1) is 0 Å². The van der Waals surface area contributed by atoms with Crippen LogP contribution < -0.4 is 5.73 Å². The number of nitrogen functional groups attached to an aromatic ring is 1. The Bertz CT molecular complexity index is 826. The fourth-order valence-electron chi connectivity index (χ4n) is 1.99. The first-order valence-electron chi connectivity index (χ1n) is 6.33. The lowest BCUT2D eigenvalue weighted by Crippen LogP contribution is -2.11. The lowest BCUT2D eigenvalue weighted by molar-refractivity contribution is -0.0688. The zero-order valence-electron chi connectivity index (χ0n) is 12.0. The predicted molar refractivity (Wildman–Crippen MR) is 77.8 cm³/mol. The van der Waals surface area contributed by atoms with E-state index >= 15 is 0 Å². The molecular weight excluding hydrogens is 309 g/mol. The number of allylic oxidation sites excluding steroid dienone is 1. The van der Waals surface area contributed by atoms with Crippen LogP contribution in [0.5, 0.6) is 0 Å². The van der Waals surface area contributed by atoms with Gasteiger partial charge in [0, 0.05) is 6.92 Å². The normalized spacial score (nSPS) is 11.1. The molecule has 0 saturated carbocycles. The van der Waals surface area contributed by atoms with Crippen molar-refractivity contribution in [3.05, 3.63) is 47.8 Å². The van der Waals surface area contributed by atoms with Crippen LogP contribution in [0.25, 0.3) is 11.3 Å². The highest BCUT2D eigenvalue weighted by atomic mass is 19.4. The Kier molecular flexibility index (Phi) is 3.97. The van der Waals surface area contributed by atoms with Gasteiger partial charge >= 0.3 is 6.18 Å². The third-order valence-electron chi connectivity index (χ3n) is 3.12. The van der Waals surface area contributed by atoms with Gasteiger partial charge in [-0.3, -0.25) is 4.79 Å². The van der Waals surface area contributed by atoms with E-state index in [9.17, 15) is 18.0 Å². The molecule has 0 fully saturated rings.